The fourth-order valence-corrected chi connectivity index (χ4v) is 3.15. The maximum atomic E-state index is 12.7. The molecule has 1 saturated heterocycles. The molecule has 6 nitrogen and oxygen atoms in total. The van der Waals surface area contributed by atoms with E-state index in [0.29, 0.717) is 11.5 Å². The van der Waals surface area contributed by atoms with E-state index in [1.807, 2.05) is 41.4 Å². The normalized spacial score (nSPS) is 17.7. The van der Waals surface area contributed by atoms with E-state index in [0.717, 1.165) is 42.7 Å². The zero-order valence-electron chi connectivity index (χ0n) is 12.6. The number of nitrogens with one attached hydrogen (secondary N) is 1. The Hall–Kier alpha value is -2.76. The van der Waals surface area contributed by atoms with Crippen molar-refractivity contribution in [3.05, 3.63) is 53.9 Å². The number of H-pyrrole nitrogens is 1. The Bertz CT molecular complexity index is 829. The van der Waals surface area contributed by atoms with Crippen molar-refractivity contribution in [1.29, 1.82) is 0 Å². The van der Waals surface area contributed by atoms with Gasteiger partial charge < -0.3 is 4.90 Å². The number of carbonyl (C=O) groups excluding carboxylic acids is 1. The summed E-state index contributed by atoms with van der Waals surface area (Å²) >= 11 is 0. The van der Waals surface area contributed by atoms with Crippen LogP contribution in [0.1, 0.15) is 22.5 Å². The van der Waals surface area contributed by atoms with E-state index in [-0.39, 0.29) is 5.91 Å². The van der Waals surface area contributed by atoms with Crippen LogP contribution in [0.15, 0.2) is 42.6 Å². The summed E-state index contributed by atoms with van der Waals surface area (Å²) < 4.78 is 0. The Morgan fingerprint density at radius 1 is 1.22 bits per heavy atom. The van der Waals surface area contributed by atoms with Crippen LogP contribution in [-0.4, -0.2) is 44.3 Å². The van der Waals surface area contributed by atoms with Crippen LogP contribution in [-0.2, 0) is 6.42 Å². The number of aromatic nitrogens is 4. The summed E-state index contributed by atoms with van der Waals surface area (Å²) in [4.78, 5) is 19.0. The van der Waals surface area contributed by atoms with Gasteiger partial charge in [0.2, 0.25) is 0 Å². The van der Waals surface area contributed by atoms with E-state index in [4.69, 9.17) is 0 Å². The highest BCUT2D eigenvalue weighted by atomic mass is 16.2. The minimum absolute atomic E-state index is 0.0680. The van der Waals surface area contributed by atoms with Crippen LogP contribution in [0.5, 0.6) is 0 Å². The van der Waals surface area contributed by atoms with Crippen molar-refractivity contribution >= 4 is 16.9 Å². The lowest BCUT2D eigenvalue weighted by molar-refractivity contribution is 0.0787. The van der Waals surface area contributed by atoms with Gasteiger partial charge in [-0.15, -0.1) is 0 Å². The van der Waals surface area contributed by atoms with Crippen molar-refractivity contribution in [1.82, 2.24) is 25.3 Å². The highest BCUT2D eigenvalue weighted by Crippen LogP contribution is 2.22. The minimum Gasteiger partial charge on any atom is -0.338 e. The predicted molar refractivity (Wildman–Crippen MR) is 85.8 cm³/mol. The van der Waals surface area contributed by atoms with Gasteiger partial charge in [-0.05, 0) is 49.1 Å². The number of hydrogen-bond acceptors (Lipinski definition) is 4. The smallest absolute Gasteiger partial charge is 0.253 e. The van der Waals surface area contributed by atoms with Gasteiger partial charge in [0.25, 0.3) is 5.91 Å². The van der Waals surface area contributed by atoms with Gasteiger partial charge in [0, 0.05) is 30.5 Å². The van der Waals surface area contributed by atoms with Crippen molar-refractivity contribution in [2.24, 2.45) is 5.92 Å². The standard InChI is InChI=1S/C17H17N5O/c23-17(13-4-5-15-16(10-13)20-21-19-15)22-8-6-12(11-22)9-14-3-1-2-7-18-14/h1-5,7,10,12H,6,8-9,11H2,(H,19,20,21). The molecule has 0 aliphatic carbocycles. The number of fused-ring (bicyclic) bond motifs is 1. The third kappa shape index (κ3) is 2.79. The van der Waals surface area contributed by atoms with Gasteiger partial charge in [0.05, 0.1) is 0 Å². The molecule has 23 heavy (non-hydrogen) atoms. The molecule has 1 N–H and O–H groups in total. The molecule has 2 aromatic heterocycles. The quantitative estimate of drug-likeness (QED) is 0.803. The topological polar surface area (TPSA) is 74.8 Å². The second-order valence-electron chi connectivity index (χ2n) is 5.96. The highest BCUT2D eigenvalue weighted by molar-refractivity contribution is 5.97. The number of benzene rings is 1. The van der Waals surface area contributed by atoms with Gasteiger partial charge in [-0.2, -0.15) is 15.4 Å². The first kappa shape index (κ1) is 13.9. The summed E-state index contributed by atoms with van der Waals surface area (Å²) in [7, 11) is 0. The van der Waals surface area contributed by atoms with Crippen LogP contribution < -0.4 is 0 Å². The van der Waals surface area contributed by atoms with Crippen LogP contribution in [0, 0.1) is 5.92 Å². The SMILES string of the molecule is O=C(c1ccc2n[nH]nc2c1)N1CCC(Cc2ccccn2)C1. The summed E-state index contributed by atoms with van der Waals surface area (Å²) in [6, 6.07) is 11.4. The predicted octanol–water partition coefficient (Wildman–Crippen LogP) is 2.06. The Morgan fingerprint density at radius 3 is 3.00 bits per heavy atom. The molecule has 3 aromatic rings. The molecule has 1 aliphatic rings. The Kier molecular flexibility index (Phi) is 3.49. The zero-order chi connectivity index (χ0) is 15.6. The first-order valence-corrected chi connectivity index (χ1v) is 7.79. The van der Waals surface area contributed by atoms with E-state index in [2.05, 4.69) is 20.4 Å². The van der Waals surface area contributed by atoms with E-state index < -0.39 is 0 Å². The van der Waals surface area contributed by atoms with Crippen LogP contribution in [0.25, 0.3) is 11.0 Å². The largest absolute Gasteiger partial charge is 0.338 e. The lowest BCUT2D eigenvalue weighted by Crippen LogP contribution is -2.28. The second-order valence-corrected chi connectivity index (χ2v) is 5.96. The van der Waals surface area contributed by atoms with E-state index in [9.17, 15) is 4.79 Å². The van der Waals surface area contributed by atoms with Crippen molar-refractivity contribution < 1.29 is 4.79 Å². The number of hydrogen-bond donors (Lipinski definition) is 1. The van der Waals surface area contributed by atoms with E-state index >= 15 is 0 Å². The van der Waals surface area contributed by atoms with Crippen LogP contribution in [0.4, 0.5) is 0 Å². The van der Waals surface area contributed by atoms with Gasteiger partial charge in [-0.3, -0.25) is 9.78 Å². The third-order valence-corrected chi connectivity index (χ3v) is 4.36. The molecule has 6 heteroatoms. The van der Waals surface area contributed by atoms with Crippen molar-refractivity contribution in [2.75, 3.05) is 13.1 Å². The average molecular weight is 307 g/mol. The molecular weight excluding hydrogens is 290 g/mol. The first-order chi connectivity index (χ1) is 11.3. The molecule has 1 amide bonds. The molecule has 1 atom stereocenters. The summed E-state index contributed by atoms with van der Waals surface area (Å²) in [5.74, 6) is 0.544. The molecule has 0 bridgehead atoms. The van der Waals surface area contributed by atoms with Crippen LogP contribution >= 0.6 is 0 Å². The summed E-state index contributed by atoms with van der Waals surface area (Å²) in [6.45, 7) is 1.58. The van der Waals surface area contributed by atoms with E-state index in [1.165, 1.54) is 0 Å². The van der Waals surface area contributed by atoms with Gasteiger partial charge in [0.15, 0.2) is 0 Å². The third-order valence-electron chi connectivity index (χ3n) is 4.36. The number of aromatic amines is 1. The molecule has 0 saturated carbocycles. The number of rotatable bonds is 3. The van der Waals surface area contributed by atoms with Crippen molar-refractivity contribution in [3.63, 3.8) is 0 Å². The van der Waals surface area contributed by atoms with Gasteiger partial charge in [-0.1, -0.05) is 6.07 Å². The second kappa shape index (κ2) is 5.79. The van der Waals surface area contributed by atoms with Gasteiger partial charge in [0.1, 0.15) is 11.0 Å². The molecule has 1 unspecified atom stereocenters. The minimum atomic E-state index is 0.0680. The molecule has 1 aliphatic heterocycles. The molecule has 0 radical (unpaired) electrons. The zero-order valence-corrected chi connectivity index (χ0v) is 12.6. The number of pyridine rings is 1. The molecule has 1 fully saturated rings. The number of nitrogens with zero attached hydrogens (tertiary/aromatic N) is 4. The monoisotopic (exact) mass is 307 g/mol. The Morgan fingerprint density at radius 2 is 2.13 bits per heavy atom. The lowest BCUT2D eigenvalue weighted by atomic mass is 10.0. The van der Waals surface area contributed by atoms with Gasteiger partial charge in [-0.25, -0.2) is 0 Å². The molecule has 4 rings (SSSR count). The number of likely N-dealkylation sites (tertiary alicyclic amines) is 1. The summed E-state index contributed by atoms with van der Waals surface area (Å²) in [6.07, 6.45) is 3.77. The maximum Gasteiger partial charge on any atom is 0.253 e. The molecule has 1 aromatic carbocycles. The van der Waals surface area contributed by atoms with Gasteiger partial charge >= 0.3 is 0 Å². The average Bonchev–Trinajstić information content (AvgIpc) is 3.23. The molecule has 0 spiro atoms. The maximum absolute atomic E-state index is 12.7. The molecule has 116 valence electrons. The van der Waals surface area contributed by atoms with Crippen LogP contribution in [0.2, 0.25) is 0 Å². The summed E-state index contributed by atoms with van der Waals surface area (Å²) in [5.41, 5.74) is 3.26. The number of amides is 1. The number of carbonyl (C=O) groups is 1. The lowest BCUT2D eigenvalue weighted by Gasteiger charge is -2.16. The Balaban J connectivity index is 1.45. The summed E-state index contributed by atoms with van der Waals surface area (Å²) in [5, 5.41) is 10.6. The fraction of sp³-hybridized carbons (Fsp3) is 0.294. The first-order valence-electron chi connectivity index (χ1n) is 7.79. The fourth-order valence-electron chi connectivity index (χ4n) is 3.15. The van der Waals surface area contributed by atoms with Crippen LogP contribution in [0.3, 0.4) is 0 Å². The van der Waals surface area contributed by atoms with E-state index in [1.54, 1.807) is 6.07 Å². The molecular formula is C17H17N5O. The van der Waals surface area contributed by atoms with Crippen molar-refractivity contribution in [3.8, 4) is 0 Å². The Labute approximate surface area is 133 Å². The molecule has 3 heterocycles. The van der Waals surface area contributed by atoms with Crippen molar-refractivity contribution in [2.45, 2.75) is 12.8 Å². The highest BCUT2D eigenvalue weighted by Gasteiger charge is 2.27.